The lowest BCUT2D eigenvalue weighted by atomic mass is 10.1. The van der Waals surface area contributed by atoms with E-state index in [1.165, 1.54) is 5.69 Å². The van der Waals surface area contributed by atoms with Crippen LogP contribution in [0.15, 0.2) is 6.07 Å². The van der Waals surface area contributed by atoms with Gasteiger partial charge >= 0.3 is 0 Å². The lowest BCUT2D eigenvalue weighted by Gasteiger charge is -2.25. The van der Waals surface area contributed by atoms with Crippen LogP contribution in [0.1, 0.15) is 32.2 Å². The molecule has 16 heavy (non-hydrogen) atoms. The van der Waals surface area contributed by atoms with Crippen LogP contribution in [0.3, 0.4) is 0 Å². The van der Waals surface area contributed by atoms with Crippen LogP contribution in [0.2, 0.25) is 0 Å². The predicted octanol–water partition coefficient (Wildman–Crippen LogP) is 1.73. The largest absolute Gasteiger partial charge is 0.383 e. The topological polar surface area (TPSA) is 39.1 Å². The van der Waals surface area contributed by atoms with Crippen LogP contribution in [0.4, 0.5) is 0 Å². The Hall–Kier alpha value is -0.870. The van der Waals surface area contributed by atoms with E-state index in [1.807, 2.05) is 11.6 Å². The van der Waals surface area contributed by atoms with Gasteiger partial charge in [0.25, 0.3) is 0 Å². The van der Waals surface area contributed by atoms with E-state index in [-0.39, 0.29) is 5.54 Å². The molecule has 1 N–H and O–H groups in total. The average molecular weight is 225 g/mol. The maximum absolute atomic E-state index is 5.17. The van der Waals surface area contributed by atoms with Gasteiger partial charge in [0, 0.05) is 25.7 Å². The van der Waals surface area contributed by atoms with Gasteiger partial charge in [0.15, 0.2) is 0 Å². The van der Waals surface area contributed by atoms with E-state index < -0.39 is 0 Å². The number of aromatic nitrogens is 2. The van der Waals surface area contributed by atoms with Crippen molar-refractivity contribution < 1.29 is 4.74 Å². The van der Waals surface area contributed by atoms with Crippen molar-refractivity contribution in [3.8, 4) is 0 Å². The molecule has 1 heterocycles. The summed E-state index contributed by atoms with van der Waals surface area (Å²) < 4.78 is 7.20. The van der Waals surface area contributed by atoms with E-state index in [2.05, 4.69) is 37.3 Å². The number of nitrogens with one attached hydrogen (secondary N) is 1. The molecule has 0 saturated carbocycles. The summed E-state index contributed by atoms with van der Waals surface area (Å²) in [7, 11) is 1.73. The van der Waals surface area contributed by atoms with E-state index in [1.54, 1.807) is 7.11 Å². The van der Waals surface area contributed by atoms with E-state index >= 15 is 0 Å². The van der Waals surface area contributed by atoms with E-state index in [4.69, 9.17) is 4.74 Å². The smallest absolute Gasteiger partial charge is 0.0639 e. The van der Waals surface area contributed by atoms with Crippen LogP contribution in [0.25, 0.3) is 0 Å². The fourth-order valence-corrected chi connectivity index (χ4v) is 1.76. The SMILES string of the molecule is CCn1nc(C)cc1CNC(C)(C)COC. The highest BCUT2D eigenvalue weighted by molar-refractivity contribution is 5.09. The molecule has 0 fully saturated rings. The monoisotopic (exact) mass is 225 g/mol. The van der Waals surface area contributed by atoms with Crippen LogP contribution in [0, 0.1) is 6.92 Å². The first kappa shape index (κ1) is 13.2. The Kier molecular flexibility index (Phi) is 4.50. The highest BCUT2D eigenvalue weighted by Crippen LogP contribution is 2.07. The molecule has 0 spiro atoms. The number of ether oxygens (including phenoxy) is 1. The summed E-state index contributed by atoms with van der Waals surface area (Å²) in [5, 5.41) is 7.90. The molecule has 0 aliphatic carbocycles. The second-order valence-corrected chi connectivity index (χ2v) is 4.76. The number of methoxy groups -OCH3 is 1. The summed E-state index contributed by atoms with van der Waals surface area (Å²) >= 11 is 0. The van der Waals surface area contributed by atoms with Crippen molar-refractivity contribution in [3.63, 3.8) is 0 Å². The standard InChI is InChI=1S/C12H23N3O/c1-6-15-11(7-10(2)14-15)8-13-12(3,4)9-16-5/h7,13H,6,8-9H2,1-5H3. The Labute approximate surface area is 98.0 Å². The first-order valence-electron chi connectivity index (χ1n) is 5.76. The third-order valence-corrected chi connectivity index (χ3v) is 2.54. The summed E-state index contributed by atoms with van der Waals surface area (Å²) in [6, 6.07) is 2.12. The molecule has 4 heteroatoms. The maximum atomic E-state index is 5.17. The number of nitrogens with zero attached hydrogens (tertiary/aromatic N) is 2. The zero-order valence-electron chi connectivity index (χ0n) is 11.0. The predicted molar refractivity (Wildman–Crippen MR) is 65.4 cm³/mol. The molecule has 4 nitrogen and oxygen atoms in total. The fourth-order valence-electron chi connectivity index (χ4n) is 1.76. The zero-order chi connectivity index (χ0) is 12.2. The second-order valence-electron chi connectivity index (χ2n) is 4.76. The normalized spacial score (nSPS) is 12.1. The van der Waals surface area contributed by atoms with Crippen molar-refractivity contribution in [1.82, 2.24) is 15.1 Å². The molecule has 0 unspecified atom stereocenters. The van der Waals surface area contributed by atoms with Crippen molar-refractivity contribution in [2.24, 2.45) is 0 Å². The summed E-state index contributed by atoms with van der Waals surface area (Å²) in [6.07, 6.45) is 0. The molecule has 0 atom stereocenters. The van der Waals surface area contributed by atoms with Gasteiger partial charge in [-0.3, -0.25) is 4.68 Å². The summed E-state index contributed by atoms with van der Waals surface area (Å²) in [5.74, 6) is 0. The number of hydrogen-bond donors (Lipinski definition) is 1. The molecule has 1 rings (SSSR count). The van der Waals surface area contributed by atoms with Gasteiger partial charge in [0.05, 0.1) is 18.0 Å². The van der Waals surface area contributed by atoms with Gasteiger partial charge in [-0.2, -0.15) is 5.10 Å². The lowest BCUT2D eigenvalue weighted by molar-refractivity contribution is 0.127. The van der Waals surface area contributed by atoms with Crippen molar-refractivity contribution in [2.45, 2.75) is 46.3 Å². The molecule has 1 aromatic heterocycles. The number of aryl methyl sites for hydroxylation is 2. The van der Waals surface area contributed by atoms with Gasteiger partial charge in [-0.05, 0) is 33.8 Å². The Bertz CT molecular complexity index is 331. The molecule has 0 radical (unpaired) electrons. The van der Waals surface area contributed by atoms with Crippen LogP contribution in [-0.4, -0.2) is 29.0 Å². The van der Waals surface area contributed by atoms with E-state index in [9.17, 15) is 0 Å². The maximum Gasteiger partial charge on any atom is 0.0639 e. The van der Waals surface area contributed by atoms with Gasteiger partial charge in [-0.1, -0.05) is 0 Å². The van der Waals surface area contributed by atoms with Crippen LogP contribution < -0.4 is 5.32 Å². The molecule has 0 bridgehead atoms. The molecule has 92 valence electrons. The molecule has 0 amide bonds. The van der Waals surface area contributed by atoms with Crippen LogP contribution >= 0.6 is 0 Å². The minimum Gasteiger partial charge on any atom is -0.383 e. The Morgan fingerprint density at radius 2 is 2.19 bits per heavy atom. The zero-order valence-corrected chi connectivity index (χ0v) is 11.0. The molecule has 0 aliphatic heterocycles. The Morgan fingerprint density at radius 1 is 1.50 bits per heavy atom. The highest BCUT2D eigenvalue weighted by atomic mass is 16.5. The fraction of sp³-hybridized carbons (Fsp3) is 0.750. The summed E-state index contributed by atoms with van der Waals surface area (Å²) in [6.45, 7) is 10.8. The molecular weight excluding hydrogens is 202 g/mol. The molecule has 0 saturated heterocycles. The van der Waals surface area contributed by atoms with Crippen LogP contribution in [0.5, 0.6) is 0 Å². The van der Waals surface area contributed by atoms with Gasteiger partial charge in [0.1, 0.15) is 0 Å². The van der Waals surface area contributed by atoms with E-state index in [0.29, 0.717) is 6.61 Å². The lowest BCUT2D eigenvalue weighted by Crippen LogP contribution is -2.43. The van der Waals surface area contributed by atoms with Gasteiger partial charge in [-0.25, -0.2) is 0 Å². The van der Waals surface area contributed by atoms with Gasteiger partial charge in [0.2, 0.25) is 0 Å². The third-order valence-electron chi connectivity index (χ3n) is 2.54. The number of rotatable bonds is 6. The van der Waals surface area contributed by atoms with Crippen LogP contribution in [-0.2, 0) is 17.8 Å². The number of hydrogen-bond acceptors (Lipinski definition) is 3. The van der Waals surface area contributed by atoms with Crippen molar-refractivity contribution in [3.05, 3.63) is 17.5 Å². The van der Waals surface area contributed by atoms with Crippen molar-refractivity contribution >= 4 is 0 Å². The molecule has 0 aliphatic rings. The summed E-state index contributed by atoms with van der Waals surface area (Å²) in [5.41, 5.74) is 2.29. The third kappa shape index (κ3) is 3.61. The molecular formula is C12H23N3O. The molecule has 1 aromatic rings. The van der Waals surface area contributed by atoms with Crippen molar-refractivity contribution in [2.75, 3.05) is 13.7 Å². The minimum absolute atomic E-state index is 0.00844. The first-order chi connectivity index (χ1) is 7.48. The van der Waals surface area contributed by atoms with Gasteiger partial charge < -0.3 is 10.1 Å². The highest BCUT2D eigenvalue weighted by Gasteiger charge is 2.17. The minimum atomic E-state index is -0.00844. The summed E-state index contributed by atoms with van der Waals surface area (Å²) in [4.78, 5) is 0. The first-order valence-corrected chi connectivity index (χ1v) is 5.76. The average Bonchev–Trinajstić information content (AvgIpc) is 2.56. The van der Waals surface area contributed by atoms with Gasteiger partial charge in [-0.15, -0.1) is 0 Å². The Morgan fingerprint density at radius 3 is 2.75 bits per heavy atom. The second kappa shape index (κ2) is 5.46. The van der Waals surface area contributed by atoms with E-state index in [0.717, 1.165) is 18.8 Å². The van der Waals surface area contributed by atoms with Crippen molar-refractivity contribution in [1.29, 1.82) is 0 Å². The Balaban J connectivity index is 2.60. The quantitative estimate of drug-likeness (QED) is 0.801. The molecule has 0 aromatic carbocycles.